The van der Waals surface area contributed by atoms with Crippen molar-refractivity contribution in [2.75, 3.05) is 5.32 Å². The molecule has 0 unspecified atom stereocenters. The number of rotatable bonds is 2. The van der Waals surface area contributed by atoms with Crippen LogP contribution >= 0.6 is 11.3 Å². The van der Waals surface area contributed by atoms with Gasteiger partial charge in [-0.15, -0.1) is 11.3 Å². The molecule has 4 heteroatoms. The van der Waals surface area contributed by atoms with Gasteiger partial charge in [-0.2, -0.15) is 0 Å². The largest absolute Gasteiger partial charge is 0.508 e. The molecule has 0 fully saturated rings. The second kappa shape index (κ2) is 4.59. The Morgan fingerprint density at radius 1 is 1.24 bits per heavy atom. The third kappa shape index (κ3) is 2.65. The van der Waals surface area contributed by atoms with Crippen molar-refractivity contribution < 1.29 is 9.90 Å². The zero-order valence-electron chi connectivity index (χ0n) is 9.65. The average molecular weight is 247 g/mol. The lowest BCUT2D eigenvalue weighted by Gasteiger charge is -2.07. The van der Waals surface area contributed by atoms with Gasteiger partial charge in [0.25, 0.3) is 5.91 Å². The minimum absolute atomic E-state index is 0.114. The summed E-state index contributed by atoms with van der Waals surface area (Å²) in [6.45, 7) is 3.81. The molecule has 0 saturated carbocycles. The molecule has 0 radical (unpaired) electrons. The summed E-state index contributed by atoms with van der Waals surface area (Å²) in [5.41, 5.74) is 1.56. The molecule has 0 saturated heterocycles. The first-order chi connectivity index (χ1) is 8.06. The molecule has 1 aromatic carbocycles. The lowest BCUT2D eigenvalue weighted by molar-refractivity contribution is 0.103. The van der Waals surface area contributed by atoms with E-state index in [4.69, 9.17) is 0 Å². The summed E-state index contributed by atoms with van der Waals surface area (Å²) in [4.78, 5) is 13.7. The lowest BCUT2D eigenvalue weighted by Crippen LogP contribution is -2.10. The van der Waals surface area contributed by atoms with Gasteiger partial charge in [-0.3, -0.25) is 4.79 Å². The van der Waals surface area contributed by atoms with E-state index in [1.165, 1.54) is 11.3 Å². The maximum Gasteiger partial charge on any atom is 0.265 e. The Kier molecular flexibility index (Phi) is 3.15. The summed E-state index contributed by atoms with van der Waals surface area (Å²) < 4.78 is 0. The number of carbonyl (C=O) groups is 1. The van der Waals surface area contributed by atoms with Crippen molar-refractivity contribution >= 4 is 22.9 Å². The van der Waals surface area contributed by atoms with Crippen LogP contribution in [0.4, 0.5) is 5.69 Å². The first kappa shape index (κ1) is 11.7. The molecule has 1 heterocycles. The Labute approximate surface area is 104 Å². The summed E-state index contributed by atoms with van der Waals surface area (Å²) in [6.07, 6.45) is 0. The zero-order valence-corrected chi connectivity index (χ0v) is 10.5. The second-order valence-corrected chi connectivity index (χ2v) is 5.15. The van der Waals surface area contributed by atoms with Gasteiger partial charge in [0.2, 0.25) is 0 Å². The fraction of sp³-hybridized carbons (Fsp3) is 0.154. The van der Waals surface area contributed by atoms with Gasteiger partial charge < -0.3 is 10.4 Å². The van der Waals surface area contributed by atoms with E-state index >= 15 is 0 Å². The van der Waals surface area contributed by atoms with Crippen LogP contribution in [0.1, 0.15) is 20.1 Å². The van der Waals surface area contributed by atoms with Crippen LogP contribution in [0.2, 0.25) is 0 Å². The predicted octanol–water partition coefficient (Wildman–Crippen LogP) is 3.32. The number of hydrogen-bond donors (Lipinski definition) is 2. The first-order valence-corrected chi connectivity index (χ1v) is 6.05. The molecule has 0 spiro atoms. The quantitative estimate of drug-likeness (QED) is 0.800. The number of aryl methyl sites for hydroxylation is 2. The maximum atomic E-state index is 11.9. The van der Waals surface area contributed by atoms with Gasteiger partial charge in [0.05, 0.1) is 4.88 Å². The predicted molar refractivity (Wildman–Crippen MR) is 69.9 cm³/mol. The van der Waals surface area contributed by atoms with Gasteiger partial charge in [0.15, 0.2) is 0 Å². The maximum absolute atomic E-state index is 11.9. The summed E-state index contributed by atoms with van der Waals surface area (Å²) in [6, 6.07) is 8.61. The standard InChI is InChI=1S/C13H13NO2S/c1-8-7-10(15)4-5-11(8)14-13(16)12-6-3-9(2)17-12/h3-7,15H,1-2H3,(H,14,16). The van der Waals surface area contributed by atoms with Crippen LogP contribution in [-0.4, -0.2) is 11.0 Å². The molecule has 1 amide bonds. The Hall–Kier alpha value is -1.81. The van der Waals surface area contributed by atoms with Gasteiger partial charge in [-0.05, 0) is 49.7 Å². The van der Waals surface area contributed by atoms with Gasteiger partial charge in [-0.1, -0.05) is 0 Å². The van der Waals surface area contributed by atoms with E-state index in [-0.39, 0.29) is 11.7 Å². The number of phenols is 1. The number of anilines is 1. The van der Waals surface area contributed by atoms with E-state index in [0.717, 1.165) is 16.1 Å². The Morgan fingerprint density at radius 3 is 2.59 bits per heavy atom. The van der Waals surface area contributed by atoms with Gasteiger partial charge >= 0.3 is 0 Å². The van der Waals surface area contributed by atoms with Crippen molar-refractivity contribution in [1.82, 2.24) is 0 Å². The van der Waals surface area contributed by atoms with Crippen molar-refractivity contribution in [2.45, 2.75) is 13.8 Å². The van der Waals surface area contributed by atoms with Crippen LogP contribution in [0.15, 0.2) is 30.3 Å². The molecular weight excluding hydrogens is 234 g/mol. The van der Waals surface area contributed by atoms with Crippen molar-refractivity contribution in [3.05, 3.63) is 45.6 Å². The van der Waals surface area contributed by atoms with Crippen LogP contribution in [-0.2, 0) is 0 Å². The normalized spacial score (nSPS) is 10.2. The van der Waals surface area contributed by atoms with Gasteiger partial charge in [0.1, 0.15) is 5.75 Å². The van der Waals surface area contributed by atoms with E-state index in [9.17, 15) is 9.90 Å². The number of benzene rings is 1. The van der Waals surface area contributed by atoms with E-state index in [1.807, 2.05) is 26.0 Å². The minimum Gasteiger partial charge on any atom is -0.508 e. The highest BCUT2D eigenvalue weighted by molar-refractivity contribution is 7.14. The first-order valence-electron chi connectivity index (χ1n) is 5.23. The summed E-state index contributed by atoms with van der Waals surface area (Å²) >= 11 is 1.46. The molecule has 0 aliphatic carbocycles. The van der Waals surface area contributed by atoms with Crippen LogP contribution in [0.25, 0.3) is 0 Å². The molecule has 0 bridgehead atoms. The number of nitrogens with one attached hydrogen (secondary N) is 1. The highest BCUT2D eigenvalue weighted by Crippen LogP contribution is 2.22. The van der Waals surface area contributed by atoms with E-state index < -0.39 is 0 Å². The van der Waals surface area contributed by atoms with Crippen molar-refractivity contribution in [3.63, 3.8) is 0 Å². The summed E-state index contributed by atoms with van der Waals surface area (Å²) in [5.74, 6) is 0.0874. The van der Waals surface area contributed by atoms with Crippen LogP contribution in [0.3, 0.4) is 0 Å². The fourth-order valence-electron chi connectivity index (χ4n) is 1.53. The Bertz CT molecular complexity index is 560. The molecule has 0 atom stereocenters. The molecular formula is C13H13NO2S. The summed E-state index contributed by atoms with van der Waals surface area (Å²) in [7, 11) is 0. The molecule has 0 aliphatic rings. The van der Waals surface area contributed by atoms with Gasteiger partial charge in [0, 0.05) is 10.6 Å². The lowest BCUT2D eigenvalue weighted by atomic mass is 10.2. The second-order valence-electron chi connectivity index (χ2n) is 3.86. The highest BCUT2D eigenvalue weighted by Gasteiger charge is 2.09. The van der Waals surface area contributed by atoms with E-state index in [2.05, 4.69) is 5.32 Å². The average Bonchev–Trinajstić information content (AvgIpc) is 2.69. The fourth-order valence-corrected chi connectivity index (χ4v) is 2.29. The summed E-state index contributed by atoms with van der Waals surface area (Å²) in [5, 5.41) is 12.1. The molecule has 1 aromatic heterocycles. The number of hydrogen-bond acceptors (Lipinski definition) is 3. The topological polar surface area (TPSA) is 49.3 Å². The minimum atomic E-state index is -0.114. The van der Waals surface area contributed by atoms with Crippen LogP contribution in [0.5, 0.6) is 5.75 Å². The number of phenolic OH excluding ortho intramolecular Hbond substituents is 1. The van der Waals surface area contributed by atoms with Crippen LogP contribution in [0, 0.1) is 13.8 Å². The molecule has 0 aliphatic heterocycles. The number of thiophene rings is 1. The monoisotopic (exact) mass is 247 g/mol. The van der Waals surface area contributed by atoms with Gasteiger partial charge in [-0.25, -0.2) is 0 Å². The molecule has 2 N–H and O–H groups in total. The van der Waals surface area contributed by atoms with E-state index in [1.54, 1.807) is 18.2 Å². The zero-order chi connectivity index (χ0) is 12.4. The molecule has 88 valence electrons. The number of amides is 1. The highest BCUT2D eigenvalue weighted by atomic mass is 32.1. The smallest absolute Gasteiger partial charge is 0.265 e. The number of aromatic hydroxyl groups is 1. The molecule has 2 rings (SSSR count). The van der Waals surface area contributed by atoms with E-state index in [0.29, 0.717) is 4.88 Å². The SMILES string of the molecule is Cc1ccc(C(=O)Nc2ccc(O)cc2C)s1. The van der Waals surface area contributed by atoms with Crippen molar-refractivity contribution in [2.24, 2.45) is 0 Å². The van der Waals surface area contributed by atoms with Crippen LogP contribution < -0.4 is 5.32 Å². The Morgan fingerprint density at radius 2 is 2.00 bits per heavy atom. The van der Waals surface area contributed by atoms with Crippen molar-refractivity contribution in [1.29, 1.82) is 0 Å². The third-order valence-electron chi connectivity index (χ3n) is 2.42. The Balaban J connectivity index is 2.18. The third-order valence-corrected chi connectivity index (χ3v) is 3.42. The molecule has 17 heavy (non-hydrogen) atoms. The van der Waals surface area contributed by atoms with Crippen molar-refractivity contribution in [3.8, 4) is 5.75 Å². The molecule has 3 nitrogen and oxygen atoms in total. The molecule has 2 aromatic rings. The number of carbonyl (C=O) groups excluding carboxylic acids is 1.